The third kappa shape index (κ3) is 6.18. The van der Waals surface area contributed by atoms with Crippen LogP contribution in [0.2, 0.25) is 0 Å². The van der Waals surface area contributed by atoms with Crippen LogP contribution in [0.25, 0.3) is 0 Å². The molecule has 0 aromatic rings. The Morgan fingerprint density at radius 3 is 1.37 bits per heavy atom. The standard InChI is InChI=1S/C21H38N4O2/c1-18-4-10-24(11-5-18)20(26)16-22-8-3-9-23(15-14-22)17-21(27)25-12-6-19(2)7-13-25/h18-19H,3-17H2,1-2H3. The molecule has 0 radical (unpaired) electrons. The first kappa shape index (κ1) is 20.6. The number of rotatable bonds is 4. The fourth-order valence-electron chi connectivity index (χ4n) is 4.44. The second kappa shape index (κ2) is 9.87. The summed E-state index contributed by atoms with van der Waals surface area (Å²) in [5, 5.41) is 0. The van der Waals surface area contributed by atoms with Gasteiger partial charge < -0.3 is 9.80 Å². The van der Waals surface area contributed by atoms with Gasteiger partial charge in [0, 0.05) is 39.3 Å². The molecule has 0 aromatic carbocycles. The number of amides is 2. The van der Waals surface area contributed by atoms with Crippen LogP contribution in [0.1, 0.15) is 46.0 Å². The van der Waals surface area contributed by atoms with Gasteiger partial charge in [-0.05, 0) is 57.0 Å². The van der Waals surface area contributed by atoms with Crippen molar-refractivity contribution in [3.63, 3.8) is 0 Å². The molecule has 0 saturated carbocycles. The Balaban J connectivity index is 1.39. The molecule has 0 aliphatic carbocycles. The van der Waals surface area contributed by atoms with Gasteiger partial charge in [0.2, 0.25) is 11.8 Å². The highest BCUT2D eigenvalue weighted by molar-refractivity contribution is 5.79. The van der Waals surface area contributed by atoms with Gasteiger partial charge in [-0.15, -0.1) is 0 Å². The van der Waals surface area contributed by atoms with E-state index in [9.17, 15) is 9.59 Å². The second-order valence-corrected chi connectivity index (χ2v) is 9.03. The summed E-state index contributed by atoms with van der Waals surface area (Å²) in [5.74, 6) is 2.07. The van der Waals surface area contributed by atoms with Gasteiger partial charge in [-0.2, -0.15) is 0 Å². The molecule has 6 nitrogen and oxygen atoms in total. The summed E-state index contributed by atoms with van der Waals surface area (Å²) in [6.45, 7) is 13.0. The van der Waals surface area contributed by atoms with Crippen LogP contribution in [0.3, 0.4) is 0 Å². The van der Waals surface area contributed by atoms with E-state index in [0.717, 1.165) is 96.3 Å². The zero-order valence-electron chi connectivity index (χ0n) is 17.4. The number of nitrogens with zero attached hydrogens (tertiary/aromatic N) is 4. The van der Waals surface area contributed by atoms with Gasteiger partial charge in [0.25, 0.3) is 0 Å². The minimum Gasteiger partial charge on any atom is -0.342 e. The second-order valence-electron chi connectivity index (χ2n) is 9.03. The Kier molecular flexibility index (Phi) is 7.53. The van der Waals surface area contributed by atoms with Crippen molar-refractivity contribution in [1.29, 1.82) is 0 Å². The zero-order valence-corrected chi connectivity index (χ0v) is 17.4. The van der Waals surface area contributed by atoms with Crippen LogP contribution in [-0.2, 0) is 9.59 Å². The maximum absolute atomic E-state index is 12.6. The lowest BCUT2D eigenvalue weighted by molar-refractivity contribution is -0.134. The average Bonchev–Trinajstić information content (AvgIpc) is 2.88. The molecule has 3 saturated heterocycles. The Morgan fingerprint density at radius 2 is 1.00 bits per heavy atom. The highest BCUT2D eigenvalue weighted by Crippen LogP contribution is 2.17. The van der Waals surface area contributed by atoms with Crippen LogP contribution in [0, 0.1) is 11.8 Å². The lowest BCUT2D eigenvalue weighted by Crippen LogP contribution is -2.46. The van der Waals surface area contributed by atoms with Crippen LogP contribution in [0.5, 0.6) is 0 Å². The lowest BCUT2D eigenvalue weighted by Gasteiger charge is -2.32. The van der Waals surface area contributed by atoms with Gasteiger partial charge in [-0.1, -0.05) is 13.8 Å². The van der Waals surface area contributed by atoms with E-state index in [-0.39, 0.29) is 11.8 Å². The molecule has 6 heteroatoms. The molecule has 0 aromatic heterocycles. The predicted octanol–water partition coefficient (Wildman–Crippen LogP) is 1.51. The molecule has 3 aliphatic heterocycles. The van der Waals surface area contributed by atoms with Gasteiger partial charge in [0.05, 0.1) is 13.1 Å². The van der Waals surface area contributed by atoms with Crippen molar-refractivity contribution in [3.8, 4) is 0 Å². The fraction of sp³-hybridized carbons (Fsp3) is 0.905. The molecule has 3 heterocycles. The molecule has 27 heavy (non-hydrogen) atoms. The molecule has 0 spiro atoms. The summed E-state index contributed by atoms with van der Waals surface area (Å²) in [7, 11) is 0. The lowest BCUT2D eigenvalue weighted by atomic mass is 9.99. The maximum atomic E-state index is 12.6. The minimum absolute atomic E-state index is 0.286. The Labute approximate surface area is 164 Å². The Morgan fingerprint density at radius 1 is 0.630 bits per heavy atom. The fourth-order valence-corrected chi connectivity index (χ4v) is 4.44. The van der Waals surface area contributed by atoms with Crippen LogP contribution < -0.4 is 0 Å². The quantitative estimate of drug-likeness (QED) is 0.744. The summed E-state index contributed by atoms with van der Waals surface area (Å²) in [5.41, 5.74) is 0. The van der Waals surface area contributed by atoms with Crippen LogP contribution in [0.15, 0.2) is 0 Å². The van der Waals surface area contributed by atoms with E-state index in [1.54, 1.807) is 0 Å². The van der Waals surface area contributed by atoms with Crippen molar-refractivity contribution in [2.75, 3.05) is 65.4 Å². The monoisotopic (exact) mass is 378 g/mol. The van der Waals surface area contributed by atoms with Crippen molar-refractivity contribution in [2.45, 2.75) is 46.0 Å². The van der Waals surface area contributed by atoms with Crippen LogP contribution in [-0.4, -0.2) is 96.9 Å². The van der Waals surface area contributed by atoms with Gasteiger partial charge >= 0.3 is 0 Å². The molecule has 0 bridgehead atoms. The zero-order chi connectivity index (χ0) is 19.2. The molecule has 3 fully saturated rings. The third-order valence-corrected chi connectivity index (χ3v) is 6.67. The van der Waals surface area contributed by atoms with Crippen molar-refractivity contribution in [3.05, 3.63) is 0 Å². The topological polar surface area (TPSA) is 47.1 Å². The SMILES string of the molecule is CC1CCN(C(=O)CN2CCCN(CC(=O)N3CCC(C)CC3)CC2)CC1. The van der Waals surface area contributed by atoms with Crippen molar-refractivity contribution in [1.82, 2.24) is 19.6 Å². The summed E-state index contributed by atoms with van der Waals surface area (Å²) in [6.07, 6.45) is 5.58. The average molecular weight is 379 g/mol. The number of hydrogen-bond acceptors (Lipinski definition) is 4. The predicted molar refractivity (Wildman–Crippen MR) is 107 cm³/mol. The molecule has 0 unspecified atom stereocenters. The van der Waals surface area contributed by atoms with Gasteiger partial charge in [0.15, 0.2) is 0 Å². The summed E-state index contributed by atoms with van der Waals surface area (Å²) >= 11 is 0. The third-order valence-electron chi connectivity index (χ3n) is 6.67. The number of carbonyl (C=O) groups excluding carboxylic acids is 2. The first-order valence-corrected chi connectivity index (χ1v) is 11.0. The number of hydrogen-bond donors (Lipinski definition) is 0. The maximum Gasteiger partial charge on any atom is 0.236 e. The molecule has 3 rings (SSSR count). The number of piperidine rings is 2. The minimum atomic E-state index is 0.286. The summed E-state index contributed by atoms with van der Waals surface area (Å²) < 4.78 is 0. The van der Waals surface area contributed by atoms with Crippen molar-refractivity contribution >= 4 is 11.8 Å². The first-order chi connectivity index (χ1) is 13.0. The summed E-state index contributed by atoms with van der Waals surface area (Å²) in [6, 6.07) is 0. The van der Waals surface area contributed by atoms with E-state index in [0.29, 0.717) is 13.1 Å². The smallest absolute Gasteiger partial charge is 0.236 e. The molecular weight excluding hydrogens is 340 g/mol. The van der Waals surface area contributed by atoms with Gasteiger partial charge in [-0.25, -0.2) is 0 Å². The highest BCUT2D eigenvalue weighted by atomic mass is 16.2. The molecule has 3 aliphatic rings. The Hall–Kier alpha value is -1.14. The normalized spacial score (nSPS) is 24.8. The first-order valence-electron chi connectivity index (χ1n) is 11.0. The van der Waals surface area contributed by atoms with E-state index in [4.69, 9.17) is 0 Å². The van der Waals surface area contributed by atoms with E-state index >= 15 is 0 Å². The molecule has 0 N–H and O–H groups in total. The van der Waals surface area contributed by atoms with E-state index in [1.807, 2.05) is 9.80 Å². The van der Waals surface area contributed by atoms with Crippen molar-refractivity contribution < 1.29 is 9.59 Å². The van der Waals surface area contributed by atoms with E-state index in [1.165, 1.54) is 0 Å². The Bertz CT molecular complexity index is 452. The molecular formula is C21H38N4O2. The van der Waals surface area contributed by atoms with Crippen LogP contribution in [0.4, 0.5) is 0 Å². The summed E-state index contributed by atoms with van der Waals surface area (Å²) in [4.78, 5) is 33.8. The van der Waals surface area contributed by atoms with E-state index in [2.05, 4.69) is 23.6 Å². The van der Waals surface area contributed by atoms with Gasteiger partial charge in [0.1, 0.15) is 0 Å². The molecule has 154 valence electrons. The van der Waals surface area contributed by atoms with Crippen LogP contribution >= 0.6 is 0 Å². The van der Waals surface area contributed by atoms with Crippen molar-refractivity contribution in [2.24, 2.45) is 11.8 Å². The highest BCUT2D eigenvalue weighted by Gasteiger charge is 2.25. The molecule has 0 atom stereocenters. The molecule has 2 amide bonds. The number of likely N-dealkylation sites (tertiary alicyclic amines) is 2. The van der Waals surface area contributed by atoms with E-state index < -0.39 is 0 Å². The number of carbonyl (C=O) groups is 2. The van der Waals surface area contributed by atoms with Gasteiger partial charge in [-0.3, -0.25) is 19.4 Å². The largest absolute Gasteiger partial charge is 0.342 e.